The Morgan fingerprint density at radius 3 is 2.74 bits per heavy atom. The minimum absolute atomic E-state index is 0.0125. The summed E-state index contributed by atoms with van der Waals surface area (Å²) in [7, 11) is 0. The minimum Gasteiger partial charge on any atom is -0.351 e. The van der Waals surface area contributed by atoms with Crippen LogP contribution < -0.4 is 5.32 Å². The van der Waals surface area contributed by atoms with Gasteiger partial charge >= 0.3 is 0 Å². The van der Waals surface area contributed by atoms with E-state index < -0.39 is 0 Å². The highest BCUT2D eigenvalue weighted by atomic mass is 35.5. The van der Waals surface area contributed by atoms with E-state index in [-0.39, 0.29) is 10.7 Å². The first-order valence-corrected chi connectivity index (χ1v) is 6.95. The van der Waals surface area contributed by atoms with Gasteiger partial charge in [0.15, 0.2) is 0 Å². The molecule has 0 aromatic carbocycles. The van der Waals surface area contributed by atoms with Crippen LogP contribution in [0.5, 0.6) is 0 Å². The summed E-state index contributed by atoms with van der Waals surface area (Å²) in [6.45, 7) is 6.34. The quantitative estimate of drug-likeness (QED) is 0.633. The van der Waals surface area contributed by atoms with Gasteiger partial charge in [0.1, 0.15) is 11.6 Å². The van der Waals surface area contributed by atoms with E-state index >= 15 is 0 Å². The molecule has 0 fully saturated rings. The Morgan fingerprint density at radius 1 is 1.47 bits per heavy atom. The van der Waals surface area contributed by atoms with Gasteiger partial charge < -0.3 is 5.32 Å². The summed E-state index contributed by atoms with van der Waals surface area (Å²) in [6.07, 6.45) is 1.54. The van der Waals surface area contributed by atoms with E-state index in [4.69, 9.17) is 11.6 Å². The van der Waals surface area contributed by atoms with Gasteiger partial charge in [-0.05, 0) is 23.1 Å². The van der Waals surface area contributed by atoms with Crippen LogP contribution in [0.2, 0.25) is 5.28 Å². The van der Waals surface area contributed by atoms with Crippen molar-refractivity contribution in [2.24, 2.45) is 5.41 Å². The molecule has 2 rings (SSSR count). The van der Waals surface area contributed by atoms with E-state index in [0.29, 0.717) is 11.3 Å². The lowest BCUT2D eigenvalue weighted by molar-refractivity contribution is 0.481. The number of halogens is 1. The molecule has 1 aliphatic heterocycles. The van der Waals surface area contributed by atoms with Crippen LogP contribution >= 0.6 is 23.4 Å². The summed E-state index contributed by atoms with van der Waals surface area (Å²) in [6, 6.07) is 3.85. The van der Waals surface area contributed by atoms with E-state index in [1.165, 1.54) is 11.8 Å². The largest absolute Gasteiger partial charge is 0.351 e. The predicted molar refractivity (Wildman–Crippen MR) is 77.8 cm³/mol. The van der Waals surface area contributed by atoms with Crippen LogP contribution in [0.25, 0.3) is 5.57 Å². The summed E-state index contributed by atoms with van der Waals surface area (Å²) < 4.78 is 0. The van der Waals surface area contributed by atoms with Crippen molar-refractivity contribution in [3.63, 3.8) is 0 Å². The summed E-state index contributed by atoms with van der Waals surface area (Å²) in [5, 5.41) is 15.5. The molecule has 0 saturated heterocycles. The van der Waals surface area contributed by atoms with Crippen LogP contribution in [0.4, 0.5) is 0 Å². The van der Waals surface area contributed by atoms with Crippen molar-refractivity contribution in [1.82, 2.24) is 15.3 Å². The van der Waals surface area contributed by atoms with Crippen LogP contribution in [0.15, 0.2) is 28.4 Å². The average Bonchev–Trinajstić information content (AvgIpc) is 2.79. The smallest absolute Gasteiger partial charge is 0.222 e. The SMILES string of the molecule is CC(C)(C)C1=CS/C(=C(/C#N)c2ccnc(Cl)n2)N1. The van der Waals surface area contributed by atoms with Gasteiger partial charge in [0, 0.05) is 17.3 Å². The van der Waals surface area contributed by atoms with Crippen molar-refractivity contribution in [2.45, 2.75) is 20.8 Å². The highest BCUT2D eigenvalue weighted by Crippen LogP contribution is 2.37. The first-order valence-electron chi connectivity index (χ1n) is 5.69. The molecule has 1 N–H and O–H groups in total. The minimum atomic E-state index is 0.0125. The van der Waals surface area contributed by atoms with Gasteiger partial charge in [-0.25, -0.2) is 9.97 Å². The molecule has 0 amide bonds. The molecule has 1 aromatic heterocycles. The normalized spacial score (nSPS) is 17.5. The molecule has 0 bridgehead atoms. The van der Waals surface area contributed by atoms with Crippen molar-refractivity contribution in [1.29, 1.82) is 5.26 Å². The fourth-order valence-electron chi connectivity index (χ4n) is 1.48. The van der Waals surface area contributed by atoms with Crippen molar-refractivity contribution < 1.29 is 0 Å². The van der Waals surface area contributed by atoms with Gasteiger partial charge in [0.2, 0.25) is 5.28 Å². The average molecular weight is 293 g/mol. The second-order valence-electron chi connectivity index (χ2n) is 5.05. The fraction of sp³-hybridized carbons (Fsp3) is 0.308. The molecule has 6 heteroatoms. The Balaban J connectivity index is 2.35. The molecule has 0 atom stereocenters. The molecular formula is C13H13ClN4S. The van der Waals surface area contributed by atoms with Crippen molar-refractivity contribution in [3.05, 3.63) is 39.4 Å². The van der Waals surface area contributed by atoms with E-state index in [0.717, 1.165) is 10.7 Å². The first kappa shape index (κ1) is 13.9. The molecule has 4 nitrogen and oxygen atoms in total. The van der Waals surface area contributed by atoms with Crippen LogP contribution in [0, 0.1) is 16.7 Å². The lowest BCUT2D eigenvalue weighted by Crippen LogP contribution is -2.20. The number of allylic oxidation sites excluding steroid dienone is 2. The third-order valence-electron chi connectivity index (χ3n) is 2.57. The maximum absolute atomic E-state index is 9.33. The third-order valence-corrected chi connectivity index (χ3v) is 3.65. The number of nitrogens with one attached hydrogen (secondary N) is 1. The molecular weight excluding hydrogens is 280 g/mol. The van der Waals surface area contributed by atoms with Gasteiger partial charge in [-0.1, -0.05) is 32.5 Å². The Kier molecular flexibility index (Phi) is 3.83. The number of nitriles is 1. The van der Waals surface area contributed by atoms with Crippen LogP contribution in [-0.4, -0.2) is 9.97 Å². The highest BCUT2D eigenvalue weighted by Gasteiger charge is 2.24. The fourth-order valence-corrected chi connectivity index (χ4v) is 2.72. The summed E-state index contributed by atoms with van der Waals surface area (Å²) in [5.74, 6) is 0. The van der Waals surface area contributed by atoms with Gasteiger partial charge in [-0.2, -0.15) is 5.26 Å². The third kappa shape index (κ3) is 3.09. The van der Waals surface area contributed by atoms with Crippen molar-refractivity contribution in [2.75, 3.05) is 0 Å². The van der Waals surface area contributed by atoms with Gasteiger partial charge in [0.25, 0.3) is 0 Å². The van der Waals surface area contributed by atoms with Crippen LogP contribution in [0.3, 0.4) is 0 Å². The van der Waals surface area contributed by atoms with Gasteiger partial charge in [0.05, 0.1) is 10.7 Å². The molecule has 98 valence electrons. The number of rotatable bonds is 1. The number of nitrogens with zero attached hydrogens (tertiary/aromatic N) is 3. The van der Waals surface area contributed by atoms with Crippen LogP contribution in [0.1, 0.15) is 26.5 Å². The summed E-state index contributed by atoms with van der Waals surface area (Å²) in [4.78, 5) is 7.89. The number of thioether (sulfide) groups is 1. The monoisotopic (exact) mass is 292 g/mol. The van der Waals surface area contributed by atoms with Gasteiger partial charge in [-0.15, -0.1) is 0 Å². The molecule has 1 aromatic rings. The van der Waals surface area contributed by atoms with E-state index in [1.54, 1.807) is 12.3 Å². The van der Waals surface area contributed by atoms with E-state index in [9.17, 15) is 5.26 Å². The molecule has 0 spiro atoms. The molecule has 0 radical (unpaired) electrons. The second kappa shape index (κ2) is 5.24. The zero-order valence-corrected chi connectivity index (χ0v) is 12.4. The molecule has 2 heterocycles. The van der Waals surface area contributed by atoms with Crippen LogP contribution in [-0.2, 0) is 0 Å². The molecule has 0 aliphatic carbocycles. The Labute approximate surface area is 121 Å². The van der Waals surface area contributed by atoms with Crippen molar-refractivity contribution in [3.8, 4) is 6.07 Å². The number of hydrogen-bond donors (Lipinski definition) is 1. The summed E-state index contributed by atoms with van der Waals surface area (Å²) >= 11 is 7.25. The molecule has 0 saturated carbocycles. The maximum atomic E-state index is 9.33. The Bertz CT molecular complexity index is 608. The summed E-state index contributed by atoms with van der Waals surface area (Å²) in [5.41, 5.74) is 2.10. The topological polar surface area (TPSA) is 61.6 Å². The number of hydrogen-bond acceptors (Lipinski definition) is 5. The first-order chi connectivity index (χ1) is 8.91. The number of aromatic nitrogens is 2. The molecule has 1 aliphatic rings. The highest BCUT2D eigenvalue weighted by molar-refractivity contribution is 8.06. The standard InChI is InChI=1S/C13H13ClN4S/c1-13(2,3)10-7-19-11(18-10)8(6-15)9-4-5-16-12(14)17-9/h4-5,7,18H,1-3H3/b11-8-. The van der Waals surface area contributed by atoms with E-state index in [1.807, 2.05) is 5.41 Å². The Morgan fingerprint density at radius 2 is 2.21 bits per heavy atom. The lowest BCUT2D eigenvalue weighted by atomic mass is 9.93. The molecule has 19 heavy (non-hydrogen) atoms. The van der Waals surface area contributed by atoms with E-state index in [2.05, 4.69) is 42.1 Å². The maximum Gasteiger partial charge on any atom is 0.222 e. The zero-order valence-electron chi connectivity index (χ0n) is 10.9. The van der Waals surface area contributed by atoms with Gasteiger partial charge in [-0.3, -0.25) is 0 Å². The molecule has 0 unspecified atom stereocenters. The predicted octanol–water partition coefficient (Wildman–Crippen LogP) is 3.55. The second-order valence-corrected chi connectivity index (χ2v) is 6.27. The Hall–Kier alpha value is -1.51. The zero-order chi connectivity index (χ0) is 14.0. The lowest BCUT2D eigenvalue weighted by Gasteiger charge is -2.20. The van der Waals surface area contributed by atoms with Crippen molar-refractivity contribution >= 4 is 28.9 Å².